The summed E-state index contributed by atoms with van der Waals surface area (Å²) in [6, 6.07) is 4.22. The molecule has 9 nitrogen and oxygen atoms in total. The lowest BCUT2D eigenvalue weighted by molar-refractivity contribution is -0.127. The van der Waals surface area contributed by atoms with Crippen LogP contribution in [-0.4, -0.2) is 78.0 Å². The number of methoxy groups -OCH3 is 1. The summed E-state index contributed by atoms with van der Waals surface area (Å²) in [4.78, 5) is 37.4. The second-order valence-electron chi connectivity index (χ2n) is 10.9. The number of fused-ring (bicyclic) bond motifs is 1. The fourth-order valence-electron chi connectivity index (χ4n) is 5.38. The summed E-state index contributed by atoms with van der Waals surface area (Å²) in [5.74, 6) is 11.4. The van der Waals surface area contributed by atoms with Crippen LogP contribution >= 0.6 is 11.6 Å². The molecular formula is C32H32ClFN6O3. The molecule has 43 heavy (non-hydrogen) atoms. The largest absolute Gasteiger partial charge is 0.493 e. The molecule has 4 heterocycles. The Morgan fingerprint density at radius 3 is 2.93 bits per heavy atom. The highest BCUT2D eigenvalue weighted by Crippen LogP contribution is 2.42. The number of rotatable bonds is 5. The number of aromatic amines is 1. The number of benzene rings is 1. The molecule has 0 aliphatic carbocycles. The molecule has 1 aromatic carbocycles. The van der Waals surface area contributed by atoms with E-state index in [-0.39, 0.29) is 28.3 Å². The van der Waals surface area contributed by atoms with Crippen molar-refractivity contribution >= 4 is 34.8 Å². The normalized spacial score (nSPS) is 17.4. The average Bonchev–Trinajstić information content (AvgIpc) is 3.53. The number of aromatic nitrogens is 2. The van der Waals surface area contributed by atoms with Gasteiger partial charge in [0.25, 0.3) is 11.8 Å². The number of likely N-dealkylation sites (tertiary alicyclic amines) is 1. The van der Waals surface area contributed by atoms with Gasteiger partial charge in [-0.2, -0.15) is 0 Å². The van der Waals surface area contributed by atoms with E-state index in [4.69, 9.17) is 16.3 Å². The van der Waals surface area contributed by atoms with Crippen molar-refractivity contribution < 1.29 is 18.7 Å². The zero-order valence-electron chi connectivity index (χ0n) is 24.5. The zero-order valence-corrected chi connectivity index (χ0v) is 25.2. The van der Waals surface area contributed by atoms with Gasteiger partial charge in [-0.15, -0.1) is 0 Å². The predicted octanol–water partition coefficient (Wildman–Crippen LogP) is 4.20. The third kappa shape index (κ3) is 6.17. The van der Waals surface area contributed by atoms with Gasteiger partial charge >= 0.3 is 0 Å². The molecule has 1 atom stereocenters. The van der Waals surface area contributed by atoms with E-state index in [0.29, 0.717) is 60.5 Å². The van der Waals surface area contributed by atoms with E-state index in [9.17, 15) is 14.0 Å². The van der Waals surface area contributed by atoms with Crippen LogP contribution in [0.15, 0.2) is 30.6 Å². The van der Waals surface area contributed by atoms with Crippen molar-refractivity contribution in [3.63, 3.8) is 0 Å². The summed E-state index contributed by atoms with van der Waals surface area (Å²) >= 11 is 6.26. The summed E-state index contributed by atoms with van der Waals surface area (Å²) in [5, 5.41) is 6.18. The van der Waals surface area contributed by atoms with Crippen LogP contribution in [0.1, 0.15) is 41.4 Å². The van der Waals surface area contributed by atoms with Crippen molar-refractivity contribution in [1.29, 1.82) is 0 Å². The molecule has 0 unspecified atom stereocenters. The van der Waals surface area contributed by atoms with Crippen LogP contribution in [0.5, 0.6) is 5.75 Å². The van der Waals surface area contributed by atoms with Crippen molar-refractivity contribution in [3.8, 4) is 40.7 Å². The molecule has 2 aliphatic rings. The molecule has 0 radical (unpaired) electrons. The number of nitrogens with one attached hydrogen (secondary N) is 3. The Labute approximate surface area is 255 Å². The molecule has 0 saturated carbocycles. The highest BCUT2D eigenvalue weighted by molar-refractivity contribution is 6.32. The predicted molar refractivity (Wildman–Crippen MR) is 164 cm³/mol. The van der Waals surface area contributed by atoms with Gasteiger partial charge < -0.3 is 25.3 Å². The van der Waals surface area contributed by atoms with E-state index >= 15 is 0 Å². The highest BCUT2D eigenvalue weighted by atomic mass is 35.5. The molecule has 0 spiro atoms. The van der Waals surface area contributed by atoms with Crippen LogP contribution in [-0.2, 0) is 11.2 Å². The minimum Gasteiger partial charge on any atom is -0.493 e. The summed E-state index contributed by atoms with van der Waals surface area (Å²) in [5.41, 5.74) is 2.98. The van der Waals surface area contributed by atoms with Crippen LogP contribution in [0.4, 0.5) is 15.8 Å². The molecule has 2 aliphatic heterocycles. The van der Waals surface area contributed by atoms with Crippen LogP contribution < -0.4 is 15.4 Å². The molecule has 0 bridgehead atoms. The number of amides is 2. The molecule has 5 rings (SSSR count). The van der Waals surface area contributed by atoms with E-state index in [1.165, 1.54) is 13.2 Å². The fraction of sp³-hybridized carbons (Fsp3) is 0.344. The first-order chi connectivity index (χ1) is 20.6. The first-order valence-corrected chi connectivity index (χ1v) is 14.2. The lowest BCUT2D eigenvalue weighted by atomic mass is 9.97. The number of carbonyl (C=O) groups excluding carboxylic acids is 2. The Morgan fingerprint density at radius 2 is 2.16 bits per heavy atom. The molecule has 3 aromatic rings. The number of pyridine rings is 1. The van der Waals surface area contributed by atoms with Gasteiger partial charge in [0.2, 0.25) is 0 Å². The minimum absolute atomic E-state index is 0.0891. The fourth-order valence-corrected chi connectivity index (χ4v) is 5.66. The van der Waals surface area contributed by atoms with Crippen molar-refractivity contribution in [2.75, 3.05) is 46.2 Å². The molecule has 3 N–H and O–H groups in total. The molecular weight excluding hydrogens is 571 g/mol. The second kappa shape index (κ2) is 12.4. The minimum atomic E-state index is -0.710. The van der Waals surface area contributed by atoms with Crippen LogP contribution in [0.2, 0.25) is 5.02 Å². The van der Waals surface area contributed by atoms with E-state index < -0.39 is 11.4 Å². The van der Waals surface area contributed by atoms with E-state index in [1.807, 2.05) is 25.9 Å². The Bertz CT molecular complexity index is 1710. The Balaban J connectivity index is 1.57. The third-order valence-electron chi connectivity index (χ3n) is 7.47. The summed E-state index contributed by atoms with van der Waals surface area (Å²) in [7, 11) is 5.23. The van der Waals surface area contributed by atoms with Gasteiger partial charge in [0.05, 0.1) is 46.9 Å². The number of H-pyrrole nitrogens is 1. The van der Waals surface area contributed by atoms with Gasteiger partial charge in [0.1, 0.15) is 11.4 Å². The van der Waals surface area contributed by atoms with Crippen molar-refractivity contribution in [1.82, 2.24) is 25.1 Å². The lowest BCUT2D eigenvalue weighted by Gasteiger charge is -2.28. The van der Waals surface area contributed by atoms with Crippen LogP contribution in [0.25, 0.3) is 11.3 Å². The Kier molecular flexibility index (Phi) is 8.63. The van der Waals surface area contributed by atoms with E-state index in [1.54, 1.807) is 23.4 Å². The van der Waals surface area contributed by atoms with Crippen molar-refractivity contribution in [2.45, 2.75) is 31.7 Å². The number of anilines is 2. The Hall–Kier alpha value is -4.51. The molecule has 2 amide bonds. The van der Waals surface area contributed by atoms with Gasteiger partial charge in [-0.25, -0.2) is 4.39 Å². The second-order valence-corrected chi connectivity index (χ2v) is 11.3. The standard InChI is InChI=1S/C32H32ClFN6O3/c1-32(11-6-16-40(32)26(41)7-5-15-39(2)3)12-8-20-19-35-13-9-22(20)28-29(27-24(37-28)10-14-36-31(27)42)38-25-18-21(34)17-23(33)30(25)43-4/h9,13,17-19,37-38H,6,10-11,14-16H2,1-4H3,(H,36,42)/t32-/m1/s1. The maximum Gasteiger partial charge on any atom is 0.299 e. The maximum absolute atomic E-state index is 14.4. The number of carbonyl (C=O) groups is 2. The van der Waals surface area contributed by atoms with Gasteiger partial charge in [0.15, 0.2) is 5.75 Å². The van der Waals surface area contributed by atoms with Crippen molar-refractivity contribution in [3.05, 3.63) is 58.3 Å². The highest BCUT2D eigenvalue weighted by Gasteiger charge is 2.38. The number of hydrogen-bond donors (Lipinski definition) is 3. The van der Waals surface area contributed by atoms with E-state index in [2.05, 4.69) is 44.3 Å². The third-order valence-corrected chi connectivity index (χ3v) is 7.75. The zero-order chi connectivity index (χ0) is 30.7. The van der Waals surface area contributed by atoms with Gasteiger partial charge in [0, 0.05) is 49.2 Å². The number of hydrogen-bond acceptors (Lipinski definition) is 6. The molecule has 11 heteroatoms. The summed E-state index contributed by atoms with van der Waals surface area (Å²) in [6.07, 6.45) is 5.38. The molecule has 222 valence electrons. The van der Waals surface area contributed by atoms with Crippen LogP contribution in [0.3, 0.4) is 0 Å². The summed E-state index contributed by atoms with van der Waals surface area (Å²) < 4.78 is 19.9. The number of ether oxygens (including phenoxy) is 1. The lowest BCUT2D eigenvalue weighted by Crippen LogP contribution is -2.43. The molecule has 1 saturated heterocycles. The smallest absolute Gasteiger partial charge is 0.299 e. The van der Waals surface area contributed by atoms with Crippen LogP contribution in [0, 0.1) is 29.5 Å². The van der Waals surface area contributed by atoms with Crippen molar-refractivity contribution in [2.24, 2.45) is 0 Å². The number of halogens is 2. The molecule has 1 fully saturated rings. The first kappa shape index (κ1) is 30.0. The van der Waals surface area contributed by atoms with Gasteiger partial charge in [-0.3, -0.25) is 19.5 Å². The van der Waals surface area contributed by atoms with Gasteiger partial charge in [-0.1, -0.05) is 29.4 Å². The maximum atomic E-state index is 14.4. The SMILES string of the molecule is COc1c(Cl)cc(F)cc1Nc1c(-c2ccncc2C#C[C@@]2(C)CCCN2C(=O)C#CCN(C)C)[nH]c2c1C(=O)NCC2. The Morgan fingerprint density at radius 1 is 1.35 bits per heavy atom. The summed E-state index contributed by atoms with van der Waals surface area (Å²) in [6.45, 7) is 3.48. The van der Waals surface area contributed by atoms with Gasteiger partial charge in [-0.05, 0) is 51.9 Å². The monoisotopic (exact) mass is 602 g/mol. The quantitative estimate of drug-likeness (QED) is 0.378. The average molecular weight is 603 g/mol. The number of nitrogens with zero attached hydrogens (tertiary/aromatic N) is 3. The topological polar surface area (TPSA) is 103 Å². The van der Waals surface area contributed by atoms with E-state index in [0.717, 1.165) is 18.2 Å². The first-order valence-electron chi connectivity index (χ1n) is 13.9. The molecule has 2 aromatic heterocycles.